The zero-order valence-corrected chi connectivity index (χ0v) is 18.3. The summed E-state index contributed by atoms with van der Waals surface area (Å²) in [5, 5.41) is 3.94. The number of aryl methyl sites for hydroxylation is 1. The SMILES string of the molecule is COCCCOc1cc(C(=O)N(C(C)C)[C@@H]2CCCNC2)nc2c(F)cc(C)cc12. The molecule has 0 aliphatic carbocycles. The zero-order chi connectivity index (χ0) is 21.7. The van der Waals surface area contributed by atoms with Crippen LogP contribution in [0.2, 0.25) is 0 Å². The van der Waals surface area contributed by atoms with E-state index in [1.165, 1.54) is 6.07 Å². The molecular formula is C23H32FN3O3. The predicted molar refractivity (Wildman–Crippen MR) is 116 cm³/mol. The molecule has 1 aromatic heterocycles. The first-order chi connectivity index (χ1) is 14.4. The molecule has 0 bridgehead atoms. The summed E-state index contributed by atoms with van der Waals surface area (Å²) in [7, 11) is 1.64. The molecule has 1 fully saturated rings. The average molecular weight is 418 g/mol. The van der Waals surface area contributed by atoms with E-state index in [-0.39, 0.29) is 29.2 Å². The molecule has 0 spiro atoms. The van der Waals surface area contributed by atoms with Crippen molar-refractivity contribution in [3.05, 3.63) is 35.3 Å². The number of pyridine rings is 1. The number of aromatic nitrogens is 1. The molecular weight excluding hydrogens is 385 g/mol. The van der Waals surface area contributed by atoms with Gasteiger partial charge in [-0.1, -0.05) is 0 Å². The van der Waals surface area contributed by atoms with Crippen LogP contribution in [0.3, 0.4) is 0 Å². The van der Waals surface area contributed by atoms with Crippen molar-refractivity contribution in [3.8, 4) is 5.75 Å². The van der Waals surface area contributed by atoms with Gasteiger partial charge in [0.05, 0.1) is 6.61 Å². The molecule has 1 amide bonds. The van der Waals surface area contributed by atoms with Crippen molar-refractivity contribution in [2.45, 2.75) is 52.1 Å². The van der Waals surface area contributed by atoms with Gasteiger partial charge in [0.2, 0.25) is 0 Å². The molecule has 1 aromatic carbocycles. The number of methoxy groups -OCH3 is 1. The smallest absolute Gasteiger partial charge is 0.273 e. The third-order valence-corrected chi connectivity index (χ3v) is 5.40. The fraction of sp³-hybridized carbons (Fsp3) is 0.565. The van der Waals surface area contributed by atoms with Crippen LogP contribution in [0.15, 0.2) is 18.2 Å². The number of halogens is 1. The van der Waals surface area contributed by atoms with Gasteiger partial charge < -0.3 is 19.7 Å². The van der Waals surface area contributed by atoms with Gasteiger partial charge in [-0.15, -0.1) is 0 Å². The van der Waals surface area contributed by atoms with Gasteiger partial charge >= 0.3 is 0 Å². The van der Waals surface area contributed by atoms with E-state index in [2.05, 4.69) is 10.3 Å². The van der Waals surface area contributed by atoms with Gasteiger partial charge in [0, 0.05) is 50.2 Å². The first-order valence-corrected chi connectivity index (χ1v) is 10.7. The van der Waals surface area contributed by atoms with Crippen LogP contribution < -0.4 is 10.1 Å². The lowest BCUT2D eigenvalue weighted by Crippen LogP contribution is -2.51. The molecule has 1 atom stereocenters. The number of nitrogens with one attached hydrogen (secondary N) is 1. The third kappa shape index (κ3) is 5.08. The second-order valence-electron chi connectivity index (χ2n) is 8.15. The van der Waals surface area contributed by atoms with Crippen LogP contribution in [0.25, 0.3) is 10.9 Å². The Balaban J connectivity index is 2.00. The van der Waals surface area contributed by atoms with Crippen LogP contribution in [0.1, 0.15) is 49.2 Å². The minimum atomic E-state index is -0.447. The molecule has 1 aliphatic heterocycles. The van der Waals surface area contributed by atoms with Crippen LogP contribution in [0, 0.1) is 12.7 Å². The van der Waals surface area contributed by atoms with E-state index in [0.29, 0.717) is 30.8 Å². The molecule has 6 nitrogen and oxygen atoms in total. The summed E-state index contributed by atoms with van der Waals surface area (Å²) >= 11 is 0. The monoisotopic (exact) mass is 417 g/mol. The Labute approximate surface area is 177 Å². The van der Waals surface area contributed by atoms with Crippen molar-refractivity contribution in [1.82, 2.24) is 15.2 Å². The highest BCUT2D eigenvalue weighted by atomic mass is 19.1. The highest BCUT2D eigenvalue weighted by Gasteiger charge is 2.30. The number of benzene rings is 1. The number of nitrogens with zero attached hydrogens (tertiary/aromatic N) is 2. The van der Waals surface area contributed by atoms with Crippen molar-refractivity contribution >= 4 is 16.8 Å². The van der Waals surface area contributed by atoms with Gasteiger partial charge in [0.25, 0.3) is 5.91 Å². The first kappa shape index (κ1) is 22.4. The minimum absolute atomic E-state index is 0.00818. The molecule has 1 aliphatic rings. The van der Waals surface area contributed by atoms with Gasteiger partial charge in [0.15, 0.2) is 0 Å². The summed E-state index contributed by atoms with van der Waals surface area (Å²) < 4.78 is 25.8. The van der Waals surface area contributed by atoms with Crippen LogP contribution in [0.4, 0.5) is 4.39 Å². The van der Waals surface area contributed by atoms with E-state index in [0.717, 1.165) is 31.5 Å². The molecule has 1 N–H and O–H groups in total. The number of fused-ring (bicyclic) bond motifs is 1. The van der Waals surface area contributed by atoms with Crippen LogP contribution in [-0.4, -0.2) is 61.3 Å². The standard InChI is InChI=1S/C23H32FN3O3/c1-15(2)27(17-7-5-8-25-14-17)23(28)20-13-21(30-10-6-9-29-4)18-11-16(3)12-19(24)22(18)26-20/h11-13,15,17,25H,5-10,14H2,1-4H3/t17-/m1/s1. The van der Waals surface area contributed by atoms with Crippen molar-refractivity contribution < 1.29 is 18.7 Å². The lowest BCUT2D eigenvalue weighted by molar-refractivity contribution is 0.0567. The first-order valence-electron chi connectivity index (χ1n) is 10.7. The minimum Gasteiger partial charge on any atom is -0.493 e. The highest BCUT2D eigenvalue weighted by Crippen LogP contribution is 2.30. The number of carbonyl (C=O) groups excluding carboxylic acids is 1. The van der Waals surface area contributed by atoms with Gasteiger partial charge in [-0.25, -0.2) is 9.37 Å². The molecule has 3 rings (SSSR count). The van der Waals surface area contributed by atoms with E-state index < -0.39 is 5.82 Å². The second-order valence-corrected chi connectivity index (χ2v) is 8.15. The van der Waals surface area contributed by atoms with Crippen molar-refractivity contribution in [2.24, 2.45) is 0 Å². The molecule has 0 radical (unpaired) electrons. The molecule has 0 unspecified atom stereocenters. The molecule has 164 valence electrons. The van der Waals surface area contributed by atoms with Crippen LogP contribution in [-0.2, 0) is 4.74 Å². The van der Waals surface area contributed by atoms with Crippen LogP contribution >= 0.6 is 0 Å². The van der Waals surface area contributed by atoms with Gasteiger partial charge in [0.1, 0.15) is 22.8 Å². The Morgan fingerprint density at radius 3 is 2.80 bits per heavy atom. The maximum atomic E-state index is 14.8. The zero-order valence-electron chi connectivity index (χ0n) is 18.3. The summed E-state index contributed by atoms with van der Waals surface area (Å²) in [4.78, 5) is 19.8. The topological polar surface area (TPSA) is 63.7 Å². The van der Waals surface area contributed by atoms with E-state index in [1.54, 1.807) is 13.2 Å². The average Bonchev–Trinajstić information content (AvgIpc) is 2.72. The number of amides is 1. The quantitative estimate of drug-likeness (QED) is 0.664. The predicted octanol–water partition coefficient (Wildman–Crippen LogP) is 3.70. The van der Waals surface area contributed by atoms with Gasteiger partial charge in [-0.2, -0.15) is 0 Å². The third-order valence-electron chi connectivity index (χ3n) is 5.40. The van der Waals surface area contributed by atoms with E-state index in [1.807, 2.05) is 31.7 Å². The largest absolute Gasteiger partial charge is 0.493 e. The summed E-state index contributed by atoms with van der Waals surface area (Å²) in [5.41, 5.74) is 1.16. The summed E-state index contributed by atoms with van der Waals surface area (Å²) in [5.74, 6) is -0.160. The van der Waals surface area contributed by atoms with Crippen molar-refractivity contribution in [3.63, 3.8) is 0 Å². The Kier molecular flexibility index (Phi) is 7.61. The molecule has 2 heterocycles. The van der Waals surface area contributed by atoms with E-state index in [9.17, 15) is 9.18 Å². The Morgan fingerprint density at radius 1 is 1.33 bits per heavy atom. The fourth-order valence-electron chi connectivity index (χ4n) is 4.03. The molecule has 1 saturated heterocycles. The number of hydrogen-bond acceptors (Lipinski definition) is 5. The maximum Gasteiger partial charge on any atom is 0.273 e. The number of hydrogen-bond donors (Lipinski definition) is 1. The number of carbonyl (C=O) groups is 1. The number of piperidine rings is 1. The molecule has 7 heteroatoms. The fourth-order valence-corrected chi connectivity index (χ4v) is 4.03. The lowest BCUT2D eigenvalue weighted by Gasteiger charge is -2.37. The maximum absolute atomic E-state index is 14.8. The van der Waals surface area contributed by atoms with Gasteiger partial charge in [-0.3, -0.25) is 4.79 Å². The number of ether oxygens (including phenoxy) is 2. The van der Waals surface area contributed by atoms with E-state index in [4.69, 9.17) is 9.47 Å². The molecule has 2 aromatic rings. The Morgan fingerprint density at radius 2 is 2.13 bits per heavy atom. The second kappa shape index (κ2) is 10.2. The molecule has 0 saturated carbocycles. The van der Waals surface area contributed by atoms with Crippen LogP contribution in [0.5, 0.6) is 5.75 Å². The van der Waals surface area contributed by atoms with Crippen molar-refractivity contribution in [2.75, 3.05) is 33.4 Å². The normalized spacial score (nSPS) is 16.8. The Bertz CT molecular complexity index is 882. The lowest BCUT2D eigenvalue weighted by atomic mass is 10.0. The Hall–Kier alpha value is -2.25. The number of rotatable bonds is 8. The highest BCUT2D eigenvalue weighted by molar-refractivity contribution is 5.97. The summed E-state index contributed by atoms with van der Waals surface area (Å²) in [6, 6.07) is 5.04. The van der Waals surface area contributed by atoms with Gasteiger partial charge in [-0.05, 0) is 57.9 Å². The summed E-state index contributed by atoms with van der Waals surface area (Å²) in [6.45, 7) is 8.53. The van der Waals surface area contributed by atoms with E-state index >= 15 is 0 Å². The molecule has 30 heavy (non-hydrogen) atoms. The van der Waals surface area contributed by atoms with Crippen molar-refractivity contribution in [1.29, 1.82) is 0 Å². The summed E-state index contributed by atoms with van der Waals surface area (Å²) in [6.07, 6.45) is 2.66.